The average Bonchev–Trinajstić information content (AvgIpc) is 2.20. The van der Waals surface area contributed by atoms with Crippen LogP contribution in [0.25, 0.3) is 0 Å². The first kappa shape index (κ1) is 16.7. The SMILES string of the molecule is CCCC/C([B]OC(C)(C)C(C)(C)O)=C\CO. The third-order valence-electron chi connectivity index (χ3n) is 3.15. The van der Waals surface area contributed by atoms with Crippen LogP contribution in [0.2, 0.25) is 0 Å². The molecule has 4 heteroatoms. The zero-order valence-corrected chi connectivity index (χ0v) is 11.8. The lowest BCUT2D eigenvalue weighted by molar-refractivity contribution is -0.0897. The fraction of sp³-hybridized carbons (Fsp3) is 0.846. The van der Waals surface area contributed by atoms with Crippen molar-refractivity contribution in [3.05, 3.63) is 11.5 Å². The molecule has 0 aromatic heterocycles. The van der Waals surface area contributed by atoms with Crippen LogP contribution in [-0.4, -0.2) is 35.5 Å². The average molecular weight is 241 g/mol. The number of allylic oxidation sites excluding steroid dienone is 1. The highest BCUT2D eigenvalue weighted by Crippen LogP contribution is 2.25. The molecular formula is C13H26BO3. The maximum Gasteiger partial charge on any atom is 0.326 e. The van der Waals surface area contributed by atoms with Gasteiger partial charge in [0, 0.05) is 0 Å². The third-order valence-corrected chi connectivity index (χ3v) is 3.15. The molecule has 3 nitrogen and oxygen atoms in total. The van der Waals surface area contributed by atoms with Gasteiger partial charge in [0.05, 0.1) is 17.8 Å². The van der Waals surface area contributed by atoms with E-state index in [-0.39, 0.29) is 6.61 Å². The Morgan fingerprint density at radius 2 is 1.88 bits per heavy atom. The highest BCUT2D eigenvalue weighted by molar-refractivity contribution is 6.38. The largest absolute Gasteiger partial charge is 0.427 e. The molecule has 1 radical (unpaired) electrons. The highest BCUT2D eigenvalue weighted by atomic mass is 16.5. The molecule has 0 atom stereocenters. The fourth-order valence-electron chi connectivity index (χ4n) is 1.07. The van der Waals surface area contributed by atoms with Gasteiger partial charge in [-0.15, -0.1) is 0 Å². The van der Waals surface area contributed by atoms with Crippen LogP contribution in [0.4, 0.5) is 0 Å². The van der Waals surface area contributed by atoms with E-state index in [1.165, 1.54) is 0 Å². The lowest BCUT2D eigenvalue weighted by Gasteiger charge is -2.37. The summed E-state index contributed by atoms with van der Waals surface area (Å²) in [5, 5.41) is 18.9. The summed E-state index contributed by atoms with van der Waals surface area (Å²) in [6, 6.07) is 0. The molecule has 2 N–H and O–H groups in total. The monoisotopic (exact) mass is 241 g/mol. The Balaban J connectivity index is 4.35. The van der Waals surface area contributed by atoms with Crippen LogP contribution in [0.5, 0.6) is 0 Å². The van der Waals surface area contributed by atoms with E-state index in [0.717, 1.165) is 24.7 Å². The molecule has 17 heavy (non-hydrogen) atoms. The van der Waals surface area contributed by atoms with E-state index in [1.54, 1.807) is 27.4 Å². The van der Waals surface area contributed by atoms with Gasteiger partial charge in [-0.2, -0.15) is 0 Å². The molecule has 0 aromatic carbocycles. The van der Waals surface area contributed by atoms with Crippen molar-refractivity contribution in [2.24, 2.45) is 0 Å². The number of unbranched alkanes of at least 4 members (excludes halogenated alkanes) is 1. The van der Waals surface area contributed by atoms with Gasteiger partial charge in [-0.05, 0) is 34.1 Å². The fourth-order valence-corrected chi connectivity index (χ4v) is 1.07. The summed E-state index contributed by atoms with van der Waals surface area (Å²) in [5.41, 5.74) is -0.599. The first-order valence-corrected chi connectivity index (χ1v) is 6.28. The summed E-state index contributed by atoms with van der Waals surface area (Å²) >= 11 is 0. The molecule has 0 spiro atoms. The zero-order chi connectivity index (χ0) is 13.5. The summed E-state index contributed by atoms with van der Waals surface area (Å²) in [7, 11) is 1.66. The molecule has 0 aromatic rings. The standard InChI is InChI=1S/C13H26BO3/c1-6-7-8-11(9-10-15)14-17-13(4,5)12(2,3)16/h9,15-16H,6-8,10H2,1-5H3/b11-9+. The van der Waals surface area contributed by atoms with E-state index in [1.807, 2.05) is 13.8 Å². The third kappa shape index (κ3) is 6.25. The van der Waals surface area contributed by atoms with Crippen LogP contribution in [0.1, 0.15) is 53.9 Å². The second kappa shape index (κ2) is 7.19. The van der Waals surface area contributed by atoms with Crippen molar-refractivity contribution in [1.82, 2.24) is 0 Å². The predicted molar refractivity (Wildman–Crippen MR) is 71.9 cm³/mol. The maximum atomic E-state index is 9.95. The van der Waals surface area contributed by atoms with Crippen LogP contribution in [-0.2, 0) is 4.65 Å². The lowest BCUT2D eigenvalue weighted by atomic mass is 9.80. The van der Waals surface area contributed by atoms with Crippen LogP contribution >= 0.6 is 0 Å². The lowest BCUT2D eigenvalue weighted by Crippen LogP contribution is -2.48. The molecule has 0 unspecified atom stereocenters. The number of aliphatic hydroxyl groups excluding tert-OH is 1. The Kier molecular flexibility index (Phi) is 7.06. The Morgan fingerprint density at radius 3 is 2.29 bits per heavy atom. The molecule has 0 heterocycles. The normalized spacial score (nSPS) is 13.9. The first-order valence-electron chi connectivity index (χ1n) is 6.28. The van der Waals surface area contributed by atoms with E-state index < -0.39 is 11.2 Å². The molecule has 0 saturated carbocycles. The second-order valence-electron chi connectivity index (χ2n) is 5.37. The van der Waals surface area contributed by atoms with Gasteiger partial charge in [-0.1, -0.05) is 31.3 Å². The minimum atomic E-state index is -0.918. The molecule has 0 aliphatic carbocycles. The van der Waals surface area contributed by atoms with Gasteiger partial charge < -0.3 is 14.9 Å². The van der Waals surface area contributed by atoms with E-state index in [9.17, 15) is 5.11 Å². The van der Waals surface area contributed by atoms with Crippen molar-refractivity contribution in [3.8, 4) is 0 Å². The summed E-state index contributed by atoms with van der Waals surface area (Å²) in [6.45, 7) is 9.28. The van der Waals surface area contributed by atoms with E-state index in [4.69, 9.17) is 9.76 Å². The Bertz CT molecular complexity index is 242. The molecule has 0 bridgehead atoms. The Hall–Kier alpha value is -0.315. The van der Waals surface area contributed by atoms with Crippen molar-refractivity contribution in [2.75, 3.05) is 6.61 Å². The quantitative estimate of drug-likeness (QED) is 0.641. The number of hydrogen-bond acceptors (Lipinski definition) is 3. The molecule has 99 valence electrons. The van der Waals surface area contributed by atoms with Gasteiger partial charge in [0.2, 0.25) is 0 Å². The Labute approximate surface area is 106 Å². The van der Waals surface area contributed by atoms with Crippen molar-refractivity contribution < 1.29 is 14.9 Å². The van der Waals surface area contributed by atoms with Crippen LogP contribution in [0.3, 0.4) is 0 Å². The van der Waals surface area contributed by atoms with Crippen molar-refractivity contribution in [2.45, 2.75) is 65.1 Å². The van der Waals surface area contributed by atoms with Gasteiger partial charge in [-0.25, -0.2) is 0 Å². The summed E-state index contributed by atoms with van der Waals surface area (Å²) < 4.78 is 5.65. The maximum absolute atomic E-state index is 9.95. The van der Waals surface area contributed by atoms with Crippen molar-refractivity contribution >= 4 is 7.48 Å². The van der Waals surface area contributed by atoms with Gasteiger partial charge in [0.1, 0.15) is 0 Å². The predicted octanol–water partition coefficient (Wildman–Crippen LogP) is 2.24. The zero-order valence-electron chi connectivity index (χ0n) is 11.8. The van der Waals surface area contributed by atoms with Crippen LogP contribution in [0.15, 0.2) is 11.5 Å². The van der Waals surface area contributed by atoms with Gasteiger partial charge in [0.15, 0.2) is 0 Å². The summed E-state index contributed by atoms with van der Waals surface area (Å²) in [5.74, 6) is 0. The molecule has 0 saturated heterocycles. The Morgan fingerprint density at radius 1 is 1.29 bits per heavy atom. The topological polar surface area (TPSA) is 49.7 Å². The minimum absolute atomic E-state index is 0.0157. The van der Waals surface area contributed by atoms with Crippen LogP contribution < -0.4 is 0 Å². The molecule has 0 amide bonds. The van der Waals surface area contributed by atoms with Crippen molar-refractivity contribution in [3.63, 3.8) is 0 Å². The van der Waals surface area contributed by atoms with Gasteiger partial charge in [-0.3, -0.25) is 0 Å². The second-order valence-corrected chi connectivity index (χ2v) is 5.37. The summed E-state index contributed by atoms with van der Waals surface area (Å²) in [6.07, 6.45) is 4.80. The molecule has 0 rings (SSSR count). The highest BCUT2D eigenvalue weighted by Gasteiger charge is 2.35. The number of rotatable bonds is 8. The first-order chi connectivity index (χ1) is 7.74. The number of aliphatic hydroxyl groups is 2. The molecule has 0 aliphatic rings. The number of hydrogen-bond donors (Lipinski definition) is 2. The van der Waals surface area contributed by atoms with Crippen LogP contribution in [0, 0.1) is 0 Å². The van der Waals surface area contributed by atoms with E-state index in [2.05, 4.69) is 6.92 Å². The van der Waals surface area contributed by atoms with E-state index >= 15 is 0 Å². The molecule has 0 fully saturated rings. The smallest absolute Gasteiger partial charge is 0.326 e. The summed E-state index contributed by atoms with van der Waals surface area (Å²) in [4.78, 5) is 0. The van der Waals surface area contributed by atoms with E-state index in [0.29, 0.717) is 0 Å². The minimum Gasteiger partial charge on any atom is -0.427 e. The van der Waals surface area contributed by atoms with Crippen molar-refractivity contribution in [1.29, 1.82) is 0 Å². The molecule has 0 aliphatic heterocycles. The van der Waals surface area contributed by atoms with Gasteiger partial charge >= 0.3 is 7.48 Å². The molecular weight excluding hydrogens is 215 g/mol. The van der Waals surface area contributed by atoms with Gasteiger partial charge in [0.25, 0.3) is 0 Å².